The molecule has 0 bridgehead atoms. The van der Waals surface area contributed by atoms with E-state index >= 15 is 0 Å². The highest BCUT2D eigenvalue weighted by atomic mass is 14.2. The molecule has 0 amide bonds. The van der Waals surface area contributed by atoms with Crippen molar-refractivity contribution >= 4 is 43.1 Å². The molecule has 0 unspecified atom stereocenters. The third-order valence-corrected chi connectivity index (χ3v) is 11.4. The second-order valence-corrected chi connectivity index (χ2v) is 17.0. The Balaban J connectivity index is 1.37. The van der Waals surface area contributed by atoms with Crippen LogP contribution in [0.25, 0.3) is 87.6 Å². The first-order valence-corrected chi connectivity index (χ1v) is 19.2. The molecule has 0 N–H and O–H groups in total. The summed E-state index contributed by atoms with van der Waals surface area (Å²) in [7, 11) is 0. The molecule has 0 saturated carbocycles. The van der Waals surface area contributed by atoms with Gasteiger partial charge in [-0.15, -0.1) is 0 Å². The Morgan fingerprint density at radius 2 is 0.593 bits per heavy atom. The highest BCUT2D eigenvalue weighted by molar-refractivity contribution is 6.23. The molecule has 0 spiro atoms. The van der Waals surface area contributed by atoms with Gasteiger partial charge in [0.25, 0.3) is 0 Å². The highest BCUT2D eigenvalue weighted by Crippen LogP contribution is 2.47. The van der Waals surface area contributed by atoms with Gasteiger partial charge < -0.3 is 0 Å². The molecule has 9 rings (SSSR count). The standard InChI is InChI=1S/C54H46/c1-53(2,3)45-25-19-37(20-26-45)41-23-29-47-49(33-41)51(43-17-15-35-11-7-9-13-39(35)31-43)48-30-24-42(38-21-27-46(28-22-38)54(4,5)6)34-50(48)52(47)44-18-16-36-12-8-10-14-40(36)32-44/h7-34H,1-6H3. The Bertz CT molecular complexity index is 2650. The van der Waals surface area contributed by atoms with Crippen LogP contribution in [0.5, 0.6) is 0 Å². The molecule has 0 aliphatic rings. The Labute approximate surface area is 319 Å². The Morgan fingerprint density at radius 1 is 0.259 bits per heavy atom. The van der Waals surface area contributed by atoms with Gasteiger partial charge in [0, 0.05) is 0 Å². The molecule has 0 aromatic heterocycles. The molecule has 0 heterocycles. The minimum atomic E-state index is 0.103. The van der Waals surface area contributed by atoms with E-state index in [0.717, 1.165) is 0 Å². The minimum absolute atomic E-state index is 0.103. The lowest BCUT2D eigenvalue weighted by Crippen LogP contribution is -2.10. The first-order chi connectivity index (χ1) is 26.0. The topological polar surface area (TPSA) is 0 Å². The van der Waals surface area contributed by atoms with E-state index in [0.29, 0.717) is 0 Å². The maximum Gasteiger partial charge on any atom is -0.00259 e. The second kappa shape index (κ2) is 12.9. The molecule has 0 aliphatic carbocycles. The molecule has 9 aromatic rings. The fourth-order valence-corrected chi connectivity index (χ4v) is 8.22. The van der Waals surface area contributed by atoms with Crippen molar-refractivity contribution < 1.29 is 0 Å². The van der Waals surface area contributed by atoms with Crippen LogP contribution in [0, 0.1) is 0 Å². The second-order valence-electron chi connectivity index (χ2n) is 17.0. The normalized spacial score (nSPS) is 12.3. The predicted molar refractivity (Wildman–Crippen MR) is 236 cm³/mol. The summed E-state index contributed by atoms with van der Waals surface area (Å²) >= 11 is 0. The lowest BCUT2D eigenvalue weighted by atomic mass is 9.82. The minimum Gasteiger partial charge on any atom is -0.0616 e. The number of rotatable bonds is 4. The van der Waals surface area contributed by atoms with Crippen LogP contribution in [-0.4, -0.2) is 0 Å². The molecule has 0 saturated heterocycles. The third-order valence-electron chi connectivity index (χ3n) is 11.4. The molecule has 0 heteroatoms. The molecule has 0 radical (unpaired) electrons. The summed E-state index contributed by atoms with van der Waals surface area (Å²) in [5.74, 6) is 0. The summed E-state index contributed by atoms with van der Waals surface area (Å²) in [5.41, 5.74) is 12.8. The van der Waals surface area contributed by atoms with E-state index < -0.39 is 0 Å². The zero-order chi connectivity index (χ0) is 37.2. The largest absolute Gasteiger partial charge is 0.0616 e. The summed E-state index contributed by atoms with van der Waals surface area (Å²) in [6.45, 7) is 13.7. The van der Waals surface area contributed by atoms with Gasteiger partial charge in [0.2, 0.25) is 0 Å². The molecule has 262 valence electrons. The zero-order valence-corrected chi connectivity index (χ0v) is 32.2. The van der Waals surface area contributed by atoms with Crippen molar-refractivity contribution in [2.75, 3.05) is 0 Å². The van der Waals surface area contributed by atoms with Crippen molar-refractivity contribution in [3.05, 3.63) is 181 Å². The third kappa shape index (κ3) is 6.06. The van der Waals surface area contributed by atoms with Gasteiger partial charge in [0.05, 0.1) is 0 Å². The van der Waals surface area contributed by atoms with Crippen molar-refractivity contribution in [3.8, 4) is 44.5 Å². The molecule has 9 aromatic carbocycles. The van der Waals surface area contributed by atoms with Crippen LogP contribution in [0.4, 0.5) is 0 Å². The van der Waals surface area contributed by atoms with Crippen molar-refractivity contribution in [1.29, 1.82) is 0 Å². The van der Waals surface area contributed by atoms with Crippen molar-refractivity contribution in [2.24, 2.45) is 0 Å². The van der Waals surface area contributed by atoms with E-state index in [1.165, 1.54) is 98.7 Å². The van der Waals surface area contributed by atoms with Crippen LogP contribution in [-0.2, 0) is 10.8 Å². The van der Waals surface area contributed by atoms with E-state index in [1.807, 2.05) is 0 Å². The summed E-state index contributed by atoms with van der Waals surface area (Å²) in [6.07, 6.45) is 0. The number of hydrogen-bond acceptors (Lipinski definition) is 0. The molecular formula is C54H46. The van der Waals surface area contributed by atoms with Crippen molar-refractivity contribution in [3.63, 3.8) is 0 Å². The van der Waals surface area contributed by atoms with E-state index in [9.17, 15) is 0 Å². The van der Waals surface area contributed by atoms with Crippen molar-refractivity contribution in [1.82, 2.24) is 0 Å². The first kappa shape index (κ1) is 33.8. The fraction of sp³-hybridized carbons (Fsp3) is 0.148. The lowest BCUT2D eigenvalue weighted by molar-refractivity contribution is 0.590. The van der Waals surface area contributed by atoms with E-state index in [1.54, 1.807) is 0 Å². The van der Waals surface area contributed by atoms with E-state index in [-0.39, 0.29) is 10.8 Å². The van der Waals surface area contributed by atoms with Crippen LogP contribution >= 0.6 is 0 Å². The van der Waals surface area contributed by atoms with Crippen LogP contribution in [0.2, 0.25) is 0 Å². The number of fused-ring (bicyclic) bond motifs is 4. The van der Waals surface area contributed by atoms with Gasteiger partial charge in [0.15, 0.2) is 0 Å². The van der Waals surface area contributed by atoms with Crippen LogP contribution < -0.4 is 0 Å². The van der Waals surface area contributed by atoms with Gasteiger partial charge in [-0.1, -0.05) is 187 Å². The Kier molecular flexibility index (Phi) is 8.05. The molecule has 0 nitrogen and oxygen atoms in total. The molecule has 0 aliphatic heterocycles. The van der Waals surface area contributed by atoms with Gasteiger partial charge >= 0.3 is 0 Å². The monoisotopic (exact) mass is 694 g/mol. The van der Waals surface area contributed by atoms with E-state index in [2.05, 4.69) is 211 Å². The van der Waals surface area contributed by atoms with Crippen LogP contribution in [0.3, 0.4) is 0 Å². The average molecular weight is 695 g/mol. The van der Waals surface area contributed by atoms with Crippen molar-refractivity contribution in [2.45, 2.75) is 52.4 Å². The first-order valence-electron chi connectivity index (χ1n) is 19.2. The van der Waals surface area contributed by atoms with Gasteiger partial charge in [-0.2, -0.15) is 0 Å². The SMILES string of the molecule is CC(C)(C)c1ccc(-c2ccc3c(-c4ccc5ccccc5c4)c4cc(-c5ccc(C(C)(C)C)cc5)ccc4c(-c4ccc5ccccc5c4)c3c2)cc1. The zero-order valence-electron chi connectivity index (χ0n) is 32.2. The summed E-state index contributed by atoms with van der Waals surface area (Å²) in [6, 6.07) is 64.0. The number of hydrogen-bond donors (Lipinski definition) is 0. The van der Waals surface area contributed by atoms with Gasteiger partial charge in [0.1, 0.15) is 0 Å². The van der Waals surface area contributed by atoms with Gasteiger partial charge in [-0.25, -0.2) is 0 Å². The summed E-state index contributed by atoms with van der Waals surface area (Å²) in [4.78, 5) is 0. The Morgan fingerprint density at radius 3 is 0.963 bits per heavy atom. The van der Waals surface area contributed by atoms with Crippen LogP contribution in [0.15, 0.2) is 170 Å². The summed E-state index contributed by atoms with van der Waals surface area (Å²) in [5, 5.41) is 10.1. The average Bonchev–Trinajstić information content (AvgIpc) is 3.18. The lowest BCUT2D eigenvalue weighted by Gasteiger charge is -2.21. The molecule has 0 fully saturated rings. The summed E-state index contributed by atoms with van der Waals surface area (Å²) < 4.78 is 0. The van der Waals surface area contributed by atoms with Gasteiger partial charge in [-0.3, -0.25) is 0 Å². The number of benzene rings is 9. The van der Waals surface area contributed by atoms with Gasteiger partial charge in [-0.05, 0) is 134 Å². The molecule has 54 heavy (non-hydrogen) atoms. The highest BCUT2D eigenvalue weighted by Gasteiger charge is 2.20. The molecule has 0 atom stereocenters. The Hall–Kier alpha value is -5.98. The predicted octanol–water partition coefficient (Wildman–Crippen LogP) is 15.6. The maximum atomic E-state index is 2.44. The van der Waals surface area contributed by atoms with Crippen LogP contribution in [0.1, 0.15) is 52.7 Å². The quantitative estimate of drug-likeness (QED) is 0.161. The maximum absolute atomic E-state index is 2.44. The smallest absolute Gasteiger partial charge is 0.00259 e. The molecular weight excluding hydrogens is 649 g/mol. The van der Waals surface area contributed by atoms with E-state index in [4.69, 9.17) is 0 Å². The fourth-order valence-electron chi connectivity index (χ4n) is 8.22.